The molecule has 0 amide bonds. The summed E-state index contributed by atoms with van der Waals surface area (Å²) in [5.41, 5.74) is 5.65. The molecule has 0 saturated carbocycles. The minimum absolute atomic E-state index is 0.135. The zero-order valence-electron chi connectivity index (χ0n) is 7.24. The van der Waals surface area contributed by atoms with Crippen LogP contribution in [0.5, 0.6) is 5.75 Å². The molecule has 0 heterocycles. The molecule has 0 spiro atoms. The first kappa shape index (κ1) is 12.4. The average Bonchev–Trinajstić information content (AvgIpc) is 2.11. The molecular weight excluding hydrogens is 298 g/mol. The molecule has 1 aromatic carbocycles. The number of anilines is 1. The van der Waals surface area contributed by atoms with E-state index < -0.39 is 12.1 Å². The molecule has 0 aliphatic carbocycles. The van der Waals surface area contributed by atoms with Crippen molar-refractivity contribution in [3.05, 3.63) is 22.7 Å². The van der Waals surface area contributed by atoms with E-state index in [1.807, 2.05) is 0 Å². The van der Waals surface area contributed by atoms with Crippen LogP contribution >= 0.6 is 27.5 Å². The lowest BCUT2D eigenvalue weighted by Crippen LogP contribution is -2.18. The van der Waals surface area contributed by atoms with Crippen LogP contribution in [-0.4, -0.2) is 6.36 Å². The first-order valence-electron chi connectivity index (χ1n) is 3.73. The molecule has 0 atom stereocenters. The van der Waals surface area contributed by atoms with Gasteiger partial charge in [0.25, 0.3) is 0 Å². The van der Waals surface area contributed by atoms with E-state index in [1.165, 1.54) is 12.1 Å². The van der Waals surface area contributed by atoms with Gasteiger partial charge in [-0.15, -0.1) is 13.2 Å². The Hall–Kier alpha value is -0.620. The smallest absolute Gasteiger partial charge is 0.402 e. The van der Waals surface area contributed by atoms with Crippen LogP contribution in [0.4, 0.5) is 18.9 Å². The molecular formula is C8H6BrClF3NO. The van der Waals surface area contributed by atoms with Gasteiger partial charge >= 0.3 is 6.36 Å². The predicted molar refractivity (Wildman–Crippen MR) is 55.2 cm³/mol. The molecule has 1 rings (SSSR count). The van der Waals surface area contributed by atoms with Gasteiger partial charge in [-0.2, -0.15) is 0 Å². The van der Waals surface area contributed by atoms with Crippen LogP contribution < -0.4 is 10.5 Å². The van der Waals surface area contributed by atoms with Gasteiger partial charge in [0, 0.05) is 5.33 Å². The number of rotatable bonds is 2. The third-order valence-electron chi connectivity index (χ3n) is 1.57. The SMILES string of the molecule is Nc1ccc(CBr)c(Cl)c1OC(F)(F)F. The number of ether oxygens (including phenoxy) is 1. The highest BCUT2D eigenvalue weighted by Crippen LogP contribution is 2.38. The van der Waals surface area contributed by atoms with Crippen LogP contribution in [0.1, 0.15) is 5.56 Å². The summed E-state index contributed by atoms with van der Waals surface area (Å²) in [5.74, 6) is -0.555. The molecule has 0 fully saturated rings. The monoisotopic (exact) mass is 303 g/mol. The number of halogens is 5. The Balaban J connectivity index is 3.15. The van der Waals surface area contributed by atoms with Crippen molar-refractivity contribution < 1.29 is 17.9 Å². The lowest BCUT2D eigenvalue weighted by Gasteiger charge is -2.14. The van der Waals surface area contributed by atoms with Crippen molar-refractivity contribution in [1.82, 2.24) is 0 Å². The molecule has 0 aromatic heterocycles. The van der Waals surface area contributed by atoms with E-state index in [0.29, 0.717) is 10.9 Å². The third-order valence-corrected chi connectivity index (χ3v) is 2.59. The summed E-state index contributed by atoms with van der Waals surface area (Å²) in [7, 11) is 0. The summed E-state index contributed by atoms with van der Waals surface area (Å²) in [6.45, 7) is 0. The van der Waals surface area contributed by atoms with E-state index in [2.05, 4.69) is 20.7 Å². The van der Waals surface area contributed by atoms with Crippen LogP contribution in [0, 0.1) is 0 Å². The average molecular weight is 304 g/mol. The number of benzene rings is 1. The molecule has 1 aromatic rings. The minimum atomic E-state index is -4.80. The number of nitrogens with two attached hydrogens (primary N) is 1. The predicted octanol–water partition coefficient (Wildman–Crippen LogP) is 3.72. The third kappa shape index (κ3) is 3.17. The molecule has 0 radical (unpaired) electrons. The van der Waals surface area contributed by atoms with E-state index in [0.717, 1.165) is 0 Å². The van der Waals surface area contributed by atoms with Crippen molar-refractivity contribution in [3.8, 4) is 5.75 Å². The summed E-state index contributed by atoms with van der Waals surface area (Å²) < 4.78 is 39.7. The highest BCUT2D eigenvalue weighted by atomic mass is 79.9. The normalized spacial score (nSPS) is 11.5. The van der Waals surface area contributed by atoms with Gasteiger partial charge in [-0.25, -0.2) is 0 Å². The van der Waals surface area contributed by atoms with Crippen LogP contribution in [0.15, 0.2) is 12.1 Å². The summed E-state index contributed by atoms with van der Waals surface area (Å²) in [6.07, 6.45) is -4.80. The number of hydrogen-bond donors (Lipinski definition) is 1. The Bertz CT molecular complexity index is 370. The molecule has 84 valence electrons. The minimum Gasteiger partial charge on any atom is -0.402 e. The van der Waals surface area contributed by atoms with Gasteiger partial charge in [-0.1, -0.05) is 33.6 Å². The maximum Gasteiger partial charge on any atom is 0.573 e. The van der Waals surface area contributed by atoms with Crippen molar-refractivity contribution in [2.45, 2.75) is 11.7 Å². The summed E-state index contributed by atoms with van der Waals surface area (Å²) in [4.78, 5) is 0. The van der Waals surface area contributed by atoms with Gasteiger partial charge in [-0.05, 0) is 11.6 Å². The second-order valence-corrected chi connectivity index (χ2v) is 3.58. The Morgan fingerprint density at radius 2 is 2.00 bits per heavy atom. The number of nitrogen functional groups attached to an aromatic ring is 1. The molecule has 0 aliphatic rings. The largest absolute Gasteiger partial charge is 0.573 e. The fourth-order valence-corrected chi connectivity index (χ4v) is 1.84. The zero-order chi connectivity index (χ0) is 11.6. The Labute approximate surface area is 97.3 Å². The van der Waals surface area contributed by atoms with E-state index in [9.17, 15) is 13.2 Å². The van der Waals surface area contributed by atoms with Gasteiger partial charge in [0.2, 0.25) is 0 Å². The quantitative estimate of drug-likeness (QED) is 0.667. The second-order valence-electron chi connectivity index (χ2n) is 2.64. The molecule has 2 nitrogen and oxygen atoms in total. The maximum atomic E-state index is 12.0. The van der Waals surface area contributed by atoms with Gasteiger partial charge in [0.1, 0.15) is 0 Å². The van der Waals surface area contributed by atoms with E-state index in [1.54, 1.807) is 0 Å². The van der Waals surface area contributed by atoms with E-state index in [-0.39, 0.29) is 10.7 Å². The molecule has 0 bridgehead atoms. The first-order valence-corrected chi connectivity index (χ1v) is 5.23. The lowest BCUT2D eigenvalue weighted by molar-refractivity contribution is -0.274. The van der Waals surface area contributed by atoms with Crippen molar-refractivity contribution >= 4 is 33.2 Å². The topological polar surface area (TPSA) is 35.2 Å². The summed E-state index contributed by atoms with van der Waals surface area (Å²) >= 11 is 8.77. The van der Waals surface area contributed by atoms with Crippen LogP contribution in [0.2, 0.25) is 5.02 Å². The first-order chi connectivity index (χ1) is 6.85. The van der Waals surface area contributed by atoms with Gasteiger partial charge in [0.15, 0.2) is 5.75 Å². The maximum absolute atomic E-state index is 12.0. The standard InChI is InChI=1S/C8H6BrClF3NO/c9-3-4-1-2-5(14)7(6(4)10)15-8(11,12)13/h1-2H,3,14H2. The van der Waals surface area contributed by atoms with Crippen molar-refractivity contribution in [2.75, 3.05) is 5.73 Å². The molecule has 0 unspecified atom stereocenters. The highest BCUT2D eigenvalue weighted by Gasteiger charge is 2.33. The molecule has 7 heteroatoms. The number of hydrogen-bond acceptors (Lipinski definition) is 2. The molecule has 0 saturated heterocycles. The van der Waals surface area contributed by atoms with Crippen LogP contribution in [0.3, 0.4) is 0 Å². The fourth-order valence-electron chi connectivity index (χ4n) is 0.934. The van der Waals surface area contributed by atoms with Gasteiger partial charge < -0.3 is 10.5 Å². The van der Waals surface area contributed by atoms with Crippen molar-refractivity contribution in [3.63, 3.8) is 0 Å². The van der Waals surface area contributed by atoms with Crippen molar-refractivity contribution in [1.29, 1.82) is 0 Å². The Kier molecular flexibility index (Phi) is 3.72. The Morgan fingerprint density at radius 3 is 2.47 bits per heavy atom. The van der Waals surface area contributed by atoms with Crippen LogP contribution in [-0.2, 0) is 5.33 Å². The fraction of sp³-hybridized carbons (Fsp3) is 0.250. The van der Waals surface area contributed by atoms with Gasteiger partial charge in [0.05, 0.1) is 10.7 Å². The zero-order valence-corrected chi connectivity index (χ0v) is 9.58. The Morgan fingerprint density at radius 1 is 1.40 bits per heavy atom. The second kappa shape index (κ2) is 4.49. The molecule has 15 heavy (non-hydrogen) atoms. The lowest BCUT2D eigenvalue weighted by atomic mass is 10.2. The summed E-state index contributed by atoms with van der Waals surface area (Å²) in [6, 6.07) is 2.83. The molecule has 2 N–H and O–H groups in total. The van der Waals surface area contributed by atoms with Crippen molar-refractivity contribution in [2.24, 2.45) is 0 Å². The highest BCUT2D eigenvalue weighted by molar-refractivity contribution is 9.08. The summed E-state index contributed by atoms with van der Waals surface area (Å²) in [5, 5.41) is 0.185. The molecule has 0 aliphatic heterocycles. The van der Waals surface area contributed by atoms with Gasteiger partial charge in [-0.3, -0.25) is 0 Å². The van der Waals surface area contributed by atoms with E-state index in [4.69, 9.17) is 17.3 Å². The number of alkyl halides is 4. The van der Waals surface area contributed by atoms with E-state index >= 15 is 0 Å². The van der Waals surface area contributed by atoms with Crippen LogP contribution in [0.25, 0.3) is 0 Å².